The van der Waals surface area contributed by atoms with Gasteiger partial charge in [0, 0.05) is 19.8 Å². The number of carbonyl (C=O) groups excluding carboxylic acids is 2. The topological polar surface area (TPSA) is 72.8 Å². The first-order valence-electron chi connectivity index (χ1n) is 10.2. The molecule has 0 amide bonds. The van der Waals surface area contributed by atoms with Crippen molar-refractivity contribution < 1.29 is 24.2 Å². The molecule has 1 N–H and O–H groups in total. The average Bonchev–Trinajstić information content (AvgIpc) is 2.88. The van der Waals surface area contributed by atoms with Crippen LogP contribution in [0.1, 0.15) is 80.1 Å². The van der Waals surface area contributed by atoms with E-state index in [0.717, 1.165) is 19.3 Å². The molecule has 0 spiro atoms. The van der Waals surface area contributed by atoms with E-state index in [0.29, 0.717) is 12.8 Å². The van der Waals surface area contributed by atoms with Gasteiger partial charge in [-0.15, -0.1) is 0 Å². The normalized spacial score (nSPS) is 41.0. The van der Waals surface area contributed by atoms with Crippen molar-refractivity contribution in [3.8, 4) is 0 Å². The number of ether oxygens (including phenoxy) is 2. The lowest BCUT2D eigenvalue weighted by molar-refractivity contribution is -0.179. The monoisotopic (exact) mass is 380 g/mol. The predicted molar refractivity (Wildman–Crippen MR) is 104 cm³/mol. The molecule has 5 nitrogen and oxygen atoms in total. The molecule has 0 aromatic rings. The number of hydrogen-bond acceptors (Lipinski definition) is 5. The van der Waals surface area contributed by atoms with Crippen LogP contribution in [0.2, 0.25) is 0 Å². The van der Waals surface area contributed by atoms with Gasteiger partial charge in [0.1, 0.15) is 17.5 Å². The molecule has 2 heterocycles. The Labute approximate surface area is 163 Å². The third-order valence-corrected chi connectivity index (χ3v) is 6.18. The van der Waals surface area contributed by atoms with Gasteiger partial charge in [-0.25, -0.2) is 0 Å². The Morgan fingerprint density at radius 3 is 2.52 bits per heavy atom. The lowest BCUT2D eigenvalue weighted by Crippen LogP contribution is -2.46. The highest BCUT2D eigenvalue weighted by Gasteiger charge is 2.52. The minimum Gasteiger partial charge on any atom is -0.459 e. The van der Waals surface area contributed by atoms with Crippen LogP contribution in [0.25, 0.3) is 0 Å². The Morgan fingerprint density at radius 1 is 1.26 bits per heavy atom. The van der Waals surface area contributed by atoms with E-state index in [9.17, 15) is 14.7 Å². The zero-order valence-electron chi connectivity index (χ0n) is 17.7. The van der Waals surface area contributed by atoms with Gasteiger partial charge < -0.3 is 14.6 Å². The van der Waals surface area contributed by atoms with Crippen LogP contribution >= 0.6 is 0 Å². The number of esters is 1. The van der Waals surface area contributed by atoms with Crippen molar-refractivity contribution in [3.05, 3.63) is 12.2 Å². The molecule has 2 aliphatic rings. The first kappa shape index (κ1) is 22.1. The smallest absolute Gasteiger partial charge is 0.303 e. The Bertz CT molecular complexity index is 594. The zero-order valence-corrected chi connectivity index (χ0v) is 17.7. The highest BCUT2D eigenvalue weighted by Crippen LogP contribution is 2.47. The Morgan fingerprint density at radius 2 is 1.93 bits per heavy atom. The van der Waals surface area contributed by atoms with Gasteiger partial charge >= 0.3 is 5.97 Å². The maximum Gasteiger partial charge on any atom is 0.303 e. The summed E-state index contributed by atoms with van der Waals surface area (Å²) in [5, 5.41) is 10.7. The van der Waals surface area contributed by atoms with Gasteiger partial charge in [-0.2, -0.15) is 0 Å². The number of fused-ring (bicyclic) bond motifs is 2. The van der Waals surface area contributed by atoms with Crippen LogP contribution in [0.5, 0.6) is 0 Å². The molecule has 5 heteroatoms. The molecule has 5 atom stereocenters. The fourth-order valence-corrected chi connectivity index (χ4v) is 4.39. The summed E-state index contributed by atoms with van der Waals surface area (Å²) in [6, 6.07) is 0. The summed E-state index contributed by atoms with van der Waals surface area (Å²) in [5.41, 5.74) is -2.31. The molecule has 0 radical (unpaired) electrons. The van der Waals surface area contributed by atoms with E-state index in [-0.39, 0.29) is 36.1 Å². The third-order valence-electron chi connectivity index (χ3n) is 6.18. The molecule has 2 bridgehead atoms. The van der Waals surface area contributed by atoms with Gasteiger partial charge in [0.05, 0.1) is 11.2 Å². The Kier molecular flexibility index (Phi) is 6.58. The van der Waals surface area contributed by atoms with E-state index in [1.54, 1.807) is 13.0 Å². The molecule has 0 aliphatic carbocycles. The summed E-state index contributed by atoms with van der Waals surface area (Å²) >= 11 is 0. The summed E-state index contributed by atoms with van der Waals surface area (Å²) in [4.78, 5) is 24.1. The van der Waals surface area contributed by atoms with Crippen LogP contribution in [0.15, 0.2) is 12.2 Å². The van der Waals surface area contributed by atoms with Crippen molar-refractivity contribution in [3.63, 3.8) is 0 Å². The molecule has 154 valence electrons. The zero-order chi connectivity index (χ0) is 20.5. The number of carbonyl (C=O) groups is 2. The minimum atomic E-state index is -1.19. The highest BCUT2D eigenvalue weighted by molar-refractivity contribution is 5.79. The molecule has 0 aromatic heterocycles. The average molecular weight is 381 g/mol. The highest BCUT2D eigenvalue weighted by atomic mass is 16.6. The Balaban J connectivity index is 2.42. The second-order valence-corrected chi connectivity index (χ2v) is 9.42. The molecule has 0 aromatic carbocycles. The Hall–Kier alpha value is -1.20. The molecule has 27 heavy (non-hydrogen) atoms. The molecular weight excluding hydrogens is 344 g/mol. The largest absolute Gasteiger partial charge is 0.459 e. The van der Waals surface area contributed by atoms with Crippen LogP contribution in [-0.4, -0.2) is 39.8 Å². The third kappa shape index (κ3) is 5.41. The van der Waals surface area contributed by atoms with Gasteiger partial charge in [0.2, 0.25) is 0 Å². The number of ketones is 1. The molecule has 2 aliphatic heterocycles. The standard InChI is InChI=1S/C22H36O5/c1-15(2)22-11-9-20(5,25)14-18(24)13-16(3)7-8-19(26-17(4)23)21(6,27-22)10-12-22/h9,11,15-16,19,25H,7-8,10,12-14H2,1-6H3. The summed E-state index contributed by atoms with van der Waals surface area (Å²) in [6.45, 7) is 11.3. The number of Topliss-reactive ketones (excluding diaryl/α,β-unsaturated/α-hetero) is 1. The van der Waals surface area contributed by atoms with Gasteiger partial charge in [-0.05, 0) is 51.4 Å². The van der Waals surface area contributed by atoms with Gasteiger partial charge in [-0.1, -0.05) is 32.9 Å². The van der Waals surface area contributed by atoms with E-state index in [2.05, 4.69) is 13.8 Å². The van der Waals surface area contributed by atoms with E-state index < -0.39 is 16.8 Å². The second-order valence-electron chi connectivity index (χ2n) is 9.42. The first-order valence-corrected chi connectivity index (χ1v) is 10.2. The van der Waals surface area contributed by atoms with Crippen molar-refractivity contribution in [1.29, 1.82) is 0 Å². The number of rotatable bonds is 2. The summed E-state index contributed by atoms with van der Waals surface area (Å²) in [6.07, 6.45) is 6.84. The maximum atomic E-state index is 12.4. The van der Waals surface area contributed by atoms with Gasteiger partial charge in [0.15, 0.2) is 0 Å². The van der Waals surface area contributed by atoms with Crippen LogP contribution in [0, 0.1) is 11.8 Å². The van der Waals surface area contributed by atoms with Crippen molar-refractivity contribution in [2.24, 2.45) is 11.8 Å². The van der Waals surface area contributed by atoms with Crippen molar-refractivity contribution >= 4 is 11.8 Å². The SMILES string of the molecule is CC(=O)OC1CCC(C)CC(=O)CC(C)(O)C=CC2(C(C)C)CCC1(C)O2. The van der Waals surface area contributed by atoms with Crippen LogP contribution in [0.4, 0.5) is 0 Å². The van der Waals surface area contributed by atoms with E-state index >= 15 is 0 Å². The minimum absolute atomic E-state index is 0.0521. The van der Waals surface area contributed by atoms with Crippen LogP contribution in [-0.2, 0) is 19.1 Å². The lowest BCUT2D eigenvalue weighted by Gasteiger charge is -2.38. The molecule has 5 unspecified atom stereocenters. The number of aliphatic hydroxyl groups is 1. The van der Waals surface area contributed by atoms with Gasteiger partial charge in [0.25, 0.3) is 0 Å². The molecule has 0 saturated carbocycles. The predicted octanol–water partition coefficient (Wildman–Crippen LogP) is 3.97. The fraction of sp³-hybridized carbons (Fsp3) is 0.818. The second kappa shape index (κ2) is 8.04. The first-order chi connectivity index (χ1) is 12.4. The fourth-order valence-electron chi connectivity index (χ4n) is 4.39. The van der Waals surface area contributed by atoms with E-state index in [1.807, 2.05) is 19.9 Å². The molecule has 1 fully saturated rings. The molecule has 1 saturated heterocycles. The summed E-state index contributed by atoms with van der Waals surface area (Å²) < 4.78 is 12.3. The van der Waals surface area contributed by atoms with E-state index in [1.165, 1.54) is 6.92 Å². The molecule has 2 rings (SSSR count). The maximum absolute atomic E-state index is 12.4. The summed E-state index contributed by atoms with van der Waals surface area (Å²) in [7, 11) is 0. The number of hydrogen-bond donors (Lipinski definition) is 1. The van der Waals surface area contributed by atoms with Gasteiger partial charge in [-0.3, -0.25) is 9.59 Å². The lowest BCUT2D eigenvalue weighted by atomic mass is 9.82. The van der Waals surface area contributed by atoms with Crippen molar-refractivity contribution in [2.45, 2.75) is 103 Å². The van der Waals surface area contributed by atoms with Crippen LogP contribution in [0.3, 0.4) is 0 Å². The van der Waals surface area contributed by atoms with Crippen molar-refractivity contribution in [1.82, 2.24) is 0 Å². The summed E-state index contributed by atoms with van der Waals surface area (Å²) in [5.74, 6) is 0.0924. The molecular formula is C22H36O5. The van der Waals surface area contributed by atoms with Crippen molar-refractivity contribution in [2.75, 3.05) is 0 Å². The van der Waals surface area contributed by atoms with Crippen LogP contribution < -0.4 is 0 Å². The quantitative estimate of drug-likeness (QED) is 0.580. The van der Waals surface area contributed by atoms with E-state index in [4.69, 9.17) is 9.47 Å².